The highest BCUT2D eigenvalue weighted by atomic mass is 32.2. The van der Waals surface area contributed by atoms with E-state index in [4.69, 9.17) is 0 Å². The highest BCUT2D eigenvalue weighted by molar-refractivity contribution is 7.92. The van der Waals surface area contributed by atoms with E-state index < -0.39 is 33.6 Å². The smallest absolute Gasteiger partial charge is 0.238 e. The predicted octanol–water partition coefficient (Wildman–Crippen LogP) is 3.61. The monoisotopic (exact) mass is 423 g/mol. The van der Waals surface area contributed by atoms with E-state index in [0.717, 1.165) is 5.56 Å². The van der Waals surface area contributed by atoms with Gasteiger partial charge in [-0.25, -0.2) is 8.42 Å². The van der Waals surface area contributed by atoms with E-state index in [-0.39, 0.29) is 11.4 Å². The first kappa shape index (κ1) is 21.7. The van der Waals surface area contributed by atoms with E-state index >= 15 is 0 Å². The van der Waals surface area contributed by atoms with E-state index in [9.17, 15) is 18.3 Å². The second-order valence-electron chi connectivity index (χ2n) is 7.18. The Balaban J connectivity index is 1.87. The van der Waals surface area contributed by atoms with E-state index in [1.54, 1.807) is 37.3 Å². The summed E-state index contributed by atoms with van der Waals surface area (Å²) in [4.78, 5) is 14.7. The fourth-order valence-corrected chi connectivity index (χ4v) is 4.52. The summed E-state index contributed by atoms with van der Waals surface area (Å²) < 4.78 is 25.5. The van der Waals surface area contributed by atoms with Crippen molar-refractivity contribution in [3.8, 4) is 0 Å². The Morgan fingerprint density at radius 1 is 0.867 bits per heavy atom. The molecule has 0 aliphatic rings. The molecule has 156 valence electrons. The normalized spacial score (nSPS) is 13.4. The lowest BCUT2D eigenvalue weighted by Gasteiger charge is -2.33. The van der Waals surface area contributed by atoms with Crippen LogP contribution in [0.5, 0.6) is 0 Å². The van der Waals surface area contributed by atoms with Crippen molar-refractivity contribution in [1.29, 1.82) is 0 Å². The zero-order valence-electron chi connectivity index (χ0n) is 16.8. The van der Waals surface area contributed by atoms with Crippen LogP contribution >= 0.6 is 0 Å². The Morgan fingerprint density at radius 2 is 1.37 bits per heavy atom. The maximum Gasteiger partial charge on any atom is 0.238 e. The zero-order valence-corrected chi connectivity index (χ0v) is 17.6. The lowest BCUT2D eigenvalue weighted by Crippen LogP contribution is -2.44. The average molecular weight is 424 g/mol. The Bertz CT molecular complexity index is 1050. The number of benzene rings is 3. The van der Waals surface area contributed by atoms with Crippen molar-refractivity contribution < 1.29 is 18.3 Å². The molecule has 0 saturated heterocycles. The van der Waals surface area contributed by atoms with Gasteiger partial charge in [-0.1, -0.05) is 78.9 Å². The molecule has 0 saturated carbocycles. The summed E-state index contributed by atoms with van der Waals surface area (Å²) in [5.41, 5.74) is 1.52. The SMILES string of the molecule is C[C@H]([C@@H](O)c1ccccc1)N(Cc1ccccc1)C(=O)CS(=O)(=O)c1ccccc1. The van der Waals surface area contributed by atoms with Gasteiger partial charge in [-0.15, -0.1) is 0 Å². The van der Waals surface area contributed by atoms with Crippen LogP contribution in [0.2, 0.25) is 0 Å². The van der Waals surface area contributed by atoms with Gasteiger partial charge < -0.3 is 10.0 Å². The van der Waals surface area contributed by atoms with E-state index in [2.05, 4.69) is 0 Å². The van der Waals surface area contributed by atoms with Gasteiger partial charge >= 0.3 is 0 Å². The van der Waals surface area contributed by atoms with Crippen molar-refractivity contribution in [3.63, 3.8) is 0 Å². The molecule has 3 aromatic rings. The molecule has 1 amide bonds. The van der Waals surface area contributed by atoms with Crippen molar-refractivity contribution in [2.45, 2.75) is 30.5 Å². The third-order valence-corrected chi connectivity index (χ3v) is 6.64. The van der Waals surface area contributed by atoms with Crippen molar-refractivity contribution >= 4 is 15.7 Å². The van der Waals surface area contributed by atoms with Crippen LogP contribution in [0.1, 0.15) is 24.2 Å². The van der Waals surface area contributed by atoms with Gasteiger partial charge in [-0.3, -0.25) is 4.79 Å². The molecule has 0 bridgehead atoms. The van der Waals surface area contributed by atoms with Gasteiger partial charge in [0.05, 0.1) is 17.0 Å². The summed E-state index contributed by atoms with van der Waals surface area (Å²) in [6.45, 7) is 1.93. The van der Waals surface area contributed by atoms with Crippen LogP contribution in [0.25, 0.3) is 0 Å². The number of aliphatic hydroxyl groups is 1. The fourth-order valence-electron chi connectivity index (χ4n) is 3.30. The zero-order chi connectivity index (χ0) is 21.6. The molecule has 0 unspecified atom stereocenters. The molecule has 0 fully saturated rings. The third-order valence-electron chi connectivity index (χ3n) is 5.02. The lowest BCUT2D eigenvalue weighted by atomic mass is 10.0. The average Bonchev–Trinajstić information content (AvgIpc) is 2.78. The molecule has 1 N–H and O–H groups in total. The number of amides is 1. The number of carbonyl (C=O) groups is 1. The molecule has 3 rings (SSSR count). The molecule has 0 aliphatic heterocycles. The maximum absolute atomic E-state index is 13.1. The first-order valence-electron chi connectivity index (χ1n) is 9.73. The Labute approximate surface area is 177 Å². The van der Waals surface area contributed by atoms with E-state index in [1.165, 1.54) is 17.0 Å². The van der Waals surface area contributed by atoms with Gasteiger partial charge in [-0.2, -0.15) is 0 Å². The van der Waals surface area contributed by atoms with Crippen LogP contribution in [0, 0.1) is 0 Å². The molecular weight excluding hydrogens is 398 g/mol. The van der Waals surface area contributed by atoms with Gasteiger partial charge in [0.15, 0.2) is 9.84 Å². The molecule has 6 heteroatoms. The molecule has 0 spiro atoms. The van der Waals surface area contributed by atoms with Gasteiger partial charge in [0.2, 0.25) is 5.91 Å². The molecule has 2 atom stereocenters. The molecule has 30 heavy (non-hydrogen) atoms. The summed E-state index contributed by atoms with van der Waals surface area (Å²) in [7, 11) is -3.79. The first-order valence-corrected chi connectivity index (χ1v) is 11.4. The molecule has 3 aromatic carbocycles. The van der Waals surface area contributed by atoms with Crippen LogP contribution < -0.4 is 0 Å². The van der Waals surface area contributed by atoms with Gasteiger partial charge in [0.1, 0.15) is 5.75 Å². The highest BCUT2D eigenvalue weighted by Gasteiger charge is 2.30. The number of hydrogen-bond donors (Lipinski definition) is 1. The summed E-state index contributed by atoms with van der Waals surface area (Å²) in [5.74, 6) is -1.21. The summed E-state index contributed by atoms with van der Waals surface area (Å²) in [5, 5.41) is 10.9. The van der Waals surface area contributed by atoms with Gasteiger partial charge in [-0.05, 0) is 30.2 Å². The quantitative estimate of drug-likeness (QED) is 0.601. The number of aliphatic hydroxyl groups excluding tert-OH is 1. The second-order valence-corrected chi connectivity index (χ2v) is 9.17. The van der Waals surface area contributed by atoms with E-state index in [1.807, 2.05) is 48.5 Å². The van der Waals surface area contributed by atoms with Crippen LogP contribution in [-0.2, 0) is 21.2 Å². The van der Waals surface area contributed by atoms with Crippen LogP contribution in [0.4, 0.5) is 0 Å². The van der Waals surface area contributed by atoms with Crippen molar-refractivity contribution in [3.05, 3.63) is 102 Å². The third kappa shape index (κ3) is 5.34. The Hall–Kier alpha value is -2.96. The minimum Gasteiger partial charge on any atom is -0.386 e. The van der Waals surface area contributed by atoms with Crippen molar-refractivity contribution in [2.24, 2.45) is 0 Å². The highest BCUT2D eigenvalue weighted by Crippen LogP contribution is 2.23. The standard InChI is InChI=1S/C24H25NO4S/c1-19(24(27)21-13-7-3-8-14-21)25(17-20-11-5-2-6-12-20)23(26)18-30(28,29)22-15-9-4-10-16-22/h2-16,19,24,27H,17-18H2,1H3/t19-,24-/m1/s1. The van der Waals surface area contributed by atoms with Gasteiger partial charge in [0.25, 0.3) is 0 Å². The molecule has 5 nitrogen and oxygen atoms in total. The fraction of sp³-hybridized carbons (Fsp3) is 0.208. The largest absolute Gasteiger partial charge is 0.386 e. The lowest BCUT2D eigenvalue weighted by molar-refractivity contribution is -0.133. The summed E-state index contributed by atoms with van der Waals surface area (Å²) in [6, 6.07) is 25.7. The Morgan fingerprint density at radius 3 is 1.93 bits per heavy atom. The maximum atomic E-state index is 13.1. The van der Waals surface area contributed by atoms with Crippen LogP contribution in [-0.4, -0.2) is 36.1 Å². The van der Waals surface area contributed by atoms with Crippen molar-refractivity contribution in [2.75, 3.05) is 5.75 Å². The number of rotatable bonds is 8. The summed E-state index contributed by atoms with van der Waals surface area (Å²) >= 11 is 0. The van der Waals surface area contributed by atoms with Gasteiger partial charge in [0, 0.05) is 6.54 Å². The minimum absolute atomic E-state index is 0.106. The molecule has 0 radical (unpaired) electrons. The molecule has 0 heterocycles. The number of hydrogen-bond acceptors (Lipinski definition) is 4. The molecule has 0 aliphatic carbocycles. The first-order chi connectivity index (χ1) is 14.4. The molecule has 0 aromatic heterocycles. The van der Waals surface area contributed by atoms with E-state index in [0.29, 0.717) is 5.56 Å². The topological polar surface area (TPSA) is 74.7 Å². The number of sulfone groups is 1. The Kier molecular flexibility index (Phi) is 7.03. The second kappa shape index (κ2) is 9.69. The number of carbonyl (C=O) groups excluding carboxylic acids is 1. The summed E-state index contributed by atoms with van der Waals surface area (Å²) in [6.07, 6.45) is -0.946. The van der Waals surface area contributed by atoms with Crippen LogP contribution in [0.3, 0.4) is 0 Å². The minimum atomic E-state index is -3.79. The number of nitrogens with zero attached hydrogens (tertiary/aromatic N) is 1. The van der Waals surface area contributed by atoms with Crippen LogP contribution in [0.15, 0.2) is 95.9 Å². The molecular formula is C24H25NO4S. The predicted molar refractivity (Wildman–Crippen MR) is 116 cm³/mol. The van der Waals surface area contributed by atoms with Crippen molar-refractivity contribution in [1.82, 2.24) is 4.90 Å².